The van der Waals surface area contributed by atoms with E-state index in [2.05, 4.69) is 30.2 Å². The van der Waals surface area contributed by atoms with Gasteiger partial charge < -0.3 is 10.2 Å². The molecule has 0 radical (unpaired) electrons. The molecule has 2 fully saturated rings. The zero-order valence-electron chi connectivity index (χ0n) is 15.8. The molecule has 2 aliphatic rings. The van der Waals surface area contributed by atoms with E-state index in [0.29, 0.717) is 23.5 Å². The highest BCUT2D eigenvalue weighted by Crippen LogP contribution is 2.49. The summed E-state index contributed by atoms with van der Waals surface area (Å²) in [6, 6.07) is 5.65. The van der Waals surface area contributed by atoms with Gasteiger partial charge in [-0.25, -0.2) is 19.3 Å². The Morgan fingerprint density at radius 3 is 2.72 bits per heavy atom. The quantitative estimate of drug-likeness (QED) is 0.737. The van der Waals surface area contributed by atoms with Gasteiger partial charge in [-0.05, 0) is 43.4 Å². The molecule has 0 spiro atoms. The van der Waals surface area contributed by atoms with Crippen LogP contribution >= 0.6 is 0 Å². The molecule has 146 valence electrons. The summed E-state index contributed by atoms with van der Waals surface area (Å²) >= 11 is 0. The van der Waals surface area contributed by atoms with Gasteiger partial charge in [0.15, 0.2) is 11.6 Å². The molecule has 1 saturated heterocycles. The van der Waals surface area contributed by atoms with Gasteiger partial charge in [-0.2, -0.15) is 0 Å². The Labute approximate surface area is 167 Å². The number of hydrogen-bond donors (Lipinski definition) is 1. The van der Waals surface area contributed by atoms with E-state index in [-0.39, 0.29) is 11.9 Å². The maximum Gasteiger partial charge on any atom is 0.247 e. The summed E-state index contributed by atoms with van der Waals surface area (Å²) in [5.41, 5.74) is 2.35. The minimum absolute atomic E-state index is 0.0716. The molecule has 1 aromatic carbocycles. The molecule has 5 rings (SSSR count). The lowest BCUT2D eigenvalue weighted by Crippen LogP contribution is -2.42. The summed E-state index contributed by atoms with van der Waals surface area (Å²) in [4.78, 5) is 31.8. The second-order valence-corrected chi connectivity index (χ2v) is 7.53. The number of amides is 1. The molecule has 8 heteroatoms. The number of rotatable bonds is 4. The zero-order chi connectivity index (χ0) is 20.0. The monoisotopic (exact) mass is 390 g/mol. The van der Waals surface area contributed by atoms with Gasteiger partial charge in [0, 0.05) is 29.7 Å². The second kappa shape index (κ2) is 6.88. The number of piperidine rings is 1. The van der Waals surface area contributed by atoms with Crippen LogP contribution < -0.4 is 10.2 Å². The third-order valence-corrected chi connectivity index (χ3v) is 5.59. The Balaban J connectivity index is 1.38. The number of benzene rings is 1. The van der Waals surface area contributed by atoms with Crippen molar-refractivity contribution in [3.8, 4) is 11.4 Å². The first-order chi connectivity index (χ1) is 14.1. The van der Waals surface area contributed by atoms with E-state index in [4.69, 9.17) is 0 Å². The van der Waals surface area contributed by atoms with Gasteiger partial charge in [-0.3, -0.25) is 9.78 Å². The molecule has 3 aromatic rings. The number of anilines is 2. The molecule has 1 amide bonds. The van der Waals surface area contributed by atoms with Gasteiger partial charge in [-0.15, -0.1) is 0 Å². The lowest BCUT2D eigenvalue weighted by molar-refractivity contribution is -0.117. The third-order valence-electron chi connectivity index (χ3n) is 5.59. The van der Waals surface area contributed by atoms with Crippen LogP contribution in [0.4, 0.5) is 15.9 Å². The topological polar surface area (TPSA) is 83.9 Å². The number of fused-ring (bicyclic) bond motifs is 1. The minimum Gasteiger partial charge on any atom is -0.340 e. The van der Waals surface area contributed by atoms with Crippen molar-refractivity contribution in [3.63, 3.8) is 0 Å². The summed E-state index contributed by atoms with van der Waals surface area (Å²) in [6.07, 6.45) is 9.16. The molecule has 3 atom stereocenters. The predicted octanol–water partition coefficient (Wildman–Crippen LogP) is 2.99. The van der Waals surface area contributed by atoms with Gasteiger partial charge in [0.2, 0.25) is 5.91 Å². The summed E-state index contributed by atoms with van der Waals surface area (Å²) in [7, 11) is 0. The molecule has 0 bridgehead atoms. The number of aromatic nitrogens is 4. The number of aryl methyl sites for hydroxylation is 1. The van der Waals surface area contributed by atoms with Crippen LogP contribution in [0, 0.1) is 18.7 Å². The van der Waals surface area contributed by atoms with Gasteiger partial charge in [0.25, 0.3) is 0 Å². The van der Waals surface area contributed by atoms with Crippen LogP contribution in [0.5, 0.6) is 0 Å². The Hall–Kier alpha value is -3.42. The first-order valence-corrected chi connectivity index (χ1v) is 9.54. The molecule has 7 nitrogen and oxygen atoms in total. The Morgan fingerprint density at radius 1 is 1.14 bits per heavy atom. The van der Waals surface area contributed by atoms with Crippen molar-refractivity contribution >= 4 is 17.4 Å². The maximum absolute atomic E-state index is 13.1. The van der Waals surface area contributed by atoms with E-state index in [1.54, 1.807) is 18.6 Å². The number of carbonyl (C=O) groups is 1. The Kier molecular flexibility index (Phi) is 4.19. The number of nitrogens with one attached hydrogen (secondary N) is 1. The van der Waals surface area contributed by atoms with Crippen LogP contribution in [0.3, 0.4) is 0 Å². The molecule has 1 N–H and O–H groups in total. The van der Waals surface area contributed by atoms with Crippen LogP contribution in [0.1, 0.15) is 18.4 Å². The summed E-state index contributed by atoms with van der Waals surface area (Å²) in [5, 5.41) is 3.02. The average molecular weight is 390 g/mol. The fraction of sp³-hybridized carbons (Fsp3) is 0.286. The molecular formula is C21H19FN6O. The highest BCUT2D eigenvalue weighted by Gasteiger charge is 2.54. The molecule has 0 unspecified atom stereocenters. The van der Waals surface area contributed by atoms with E-state index in [1.807, 2.05) is 25.1 Å². The number of nitrogens with zero attached hydrogens (tertiary/aromatic N) is 5. The van der Waals surface area contributed by atoms with E-state index < -0.39 is 5.82 Å². The van der Waals surface area contributed by atoms with Crippen molar-refractivity contribution in [1.29, 1.82) is 0 Å². The van der Waals surface area contributed by atoms with Crippen molar-refractivity contribution in [2.24, 2.45) is 5.92 Å². The number of carbonyl (C=O) groups excluding carboxylic acids is 1. The Bertz CT molecular complexity index is 1060. The SMILES string of the molecule is Cc1ccc(NC(=O)[C@@H]2C[C@@H]3C[C@@H]3N2c2cnccn2)cc1-c1ncc(F)cn1. The third kappa shape index (κ3) is 3.30. The minimum atomic E-state index is -0.486. The normalized spacial score (nSPS) is 22.3. The van der Waals surface area contributed by atoms with Crippen LogP contribution in [0.2, 0.25) is 0 Å². The first-order valence-electron chi connectivity index (χ1n) is 9.54. The van der Waals surface area contributed by atoms with Crippen molar-refractivity contribution in [2.45, 2.75) is 31.8 Å². The summed E-state index contributed by atoms with van der Waals surface area (Å²) in [5.74, 6) is 1.14. The van der Waals surface area contributed by atoms with Crippen LogP contribution in [-0.2, 0) is 4.79 Å². The lowest BCUT2D eigenvalue weighted by Gasteiger charge is -2.27. The summed E-state index contributed by atoms with van der Waals surface area (Å²) in [6.45, 7) is 1.92. The van der Waals surface area contributed by atoms with Crippen LogP contribution in [-0.4, -0.2) is 37.9 Å². The average Bonchev–Trinajstić information content (AvgIpc) is 3.40. The fourth-order valence-corrected chi connectivity index (χ4v) is 4.06. The molecule has 2 aromatic heterocycles. The maximum atomic E-state index is 13.1. The van der Waals surface area contributed by atoms with Gasteiger partial charge >= 0.3 is 0 Å². The van der Waals surface area contributed by atoms with E-state index in [9.17, 15) is 9.18 Å². The van der Waals surface area contributed by atoms with Crippen LogP contribution in [0.15, 0.2) is 49.2 Å². The predicted molar refractivity (Wildman–Crippen MR) is 106 cm³/mol. The smallest absolute Gasteiger partial charge is 0.247 e. The largest absolute Gasteiger partial charge is 0.340 e. The van der Waals surface area contributed by atoms with Gasteiger partial charge in [0.1, 0.15) is 11.9 Å². The van der Waals surface area contributed by atoms with Crippen LogP contribution in [0.25, 0.3) is 11.4 Å². The second-order valence-electron chi connectivity index (χ2n) is 7.53. The number of hydrogen-bond acceptors (Lipinski definition) is 6. The van der Waals surface area contributed by atoms with Crippen molar-refractivity contribution in [3.05, 3.63) is 60.6 Å². The van der Waals surface area contributed by atoms with E-state index in [0.717, 1.165) is 42.2 Å². The van der Waals surface area contributed by atoms with E-state index >= 15 is 0 Å². The lowest BCUT2D eigenvalue weighted by atomic mass is 10.1. The standard InChI is InChI=1S/C21H19FN6O/c1-12-2-3-15(8-16(12)20-25-9-14(22)10-26-20)27-21(29)18-7-13-6-17(13)28(18)19-11-23-4-5-24-19/h2-5,8-11,13,17-18H,6-7H2,1H3,(H,27,29)/t13-,17-,18-/m0/s1. The molecule has 1 saturated carbocycles. The van der Waals surface area contributed by atoms with Crippen molar-refractivity contribution < 1.29 is 9.18 Å². The van der Waals surface area contributed by atoms with Crippen molar-refractivity contribution in [1.82, 2.24) is 19.9 Å². The number of halogens is 1. The zero-order valence-corrected chi connectivity index (χ0v) is 15.8. The Morgan fingerprint density at radius 2 is 1.97 bits per heavy atom. The van der Waals surface area contributed by atoms with Gasteiger partial charge in [0.05, 0.1) is 18.6 Å². The molecular weight excluding hydrogens is 371 g/mol. The molecule has 1 aliphatic heterocycles. The molecule has 3 heterocycles. The van der Waals surface area contributed by atoms with Crippen molar-refractivity contribution in [2.75, 3.05) is 10.2 Å². The van der Waals surface area contributed by atoms with E-state index in [1.165, 1.54) is 0 Å². The molecule has 1 aliphatic carbocycles. The molecule has 29 heavy (non-hydrogen) atoms. The fourth-order valence-electron chi connectivity index (χ4n) is 4.06. The highest BCUT2D eigenvalue weighted by molar-refractivity contribution is 5.98. The van der Waals surface area contributed by atoms with Gasteiger partial charge in [-0.1, -0.05) is 6.07 Å². The summed E-state index contributed by atoms with van der Waals surface area (Å²) < 4.78 is 13.1. The highest BCUT2D eigenvalue weighted by atomic mass is 19.1. The first kappa shape index (κ1) is 17.7.